The summed E-state index contributed by atoms with van der Waals surface area (Å²) in [5.41, 5.74) is 3.02. The molecule has 0 aliphatic carbocycles. The Bertz CT molecular complexity index is 670. The Morgan fingerprint density at radius 1 is 1.06 bits per heavy atom. The highest BCUT2D eigenvalue weighted by Crippen LogP contribution is 2.30. The highest BCUT2D eigenvalue weighted by atomic mass is 35.5. The maximum atomic E-state index is 5.87. The molecule has 2 nitrogen and oxygen atoms in total. The van der Waals surface area contributed by atoms with Gasteiger partial charge in [0.05, 0.1) is 0 Å². The fourth-order valence-corrected chi connectivity index (χ4v) is 2.04. The van der Waals surface area contributed by atoms with E-state index in [0.717, 1.165) is 27.8 Å². The van der Waals surface area contributed by atoms with Gasteiger partial charge in [-0.15, -0.1) is 0 Å². The number of hydrogen-bond donors (Lipinski definition) is 0. The standard InChI is InChI=1S/C14H10ClNO/c1-9-3-2-4-12-13(9)16-17-14(12)10-5-7-11(15)8-6-10/h2-8H,1H3. The van der Waals surface area contributed by atoms with E-state index < -0.39 is 0 Å². The van der Waals surface area contributed by atoms with Gasteiger partial charge in [-0.2, -0.15) is 0 Å². The third kappa shape index (κ3) is 1.71. The van der Waals surface area contributed by atoms with Gasteiger partial charge in [-0.05, 0) is 42.8 Å². The number of rotatable bonds is 1. The van der Waals surface area contributed by atoms with E-state index in [-0.39, 0.29) is 0 Å². The van der Waals surface area contributed by atoms with Crippen molar-refractivity contribution >= 4 is 22.5 Å². The number of aryl methyl sites for hydroxylation is 1. The second kappa shape index (κ2) is 3.90. The number of hydrogen-bond acceptors (Lipinski definition) is 2. The van der Waals surface area contributed by atoms with Crippen molar-refractivity contribution in [2.45, 2.75) is 6.92 Å². The molecule has 0 amide bonds. The SMILES string of the molecule is Cc1cccc2c(-c3ccc(Cl)cc3)onc12. The molecule has 0 spiro atoms. The lowest BCUT2D eigenvalue weighted by Gasteiger charge is -1.97. The Morgan fingerprint density at radius 3 is 2.59 bits per heavy atom. The average Bonchev–Trinajstić information content (AvgIpc) is 2.75. The molecule has 3 heteroatoms. The number of fused-ring (bicyclic) bond motifs is 1. The van der Waals surface area contributed by atoms with Gasteiger partial charge in [-0.25, -0.2) is 0 Å². The summed E-state index contributed by atoms with van der Waals surface area (Å²) in [4.78, 5) is 0. The molecule has 17 heavy (non-hydrogen) atoms. The predicted octanol–water partition coefficient (Wildman–Crippen LogP) is 4.46. The summed E-state index contributed by atoms with van der Waals surface area (Å²) in [6, 6.07) is 13.6. The normalized spacial score (nSPS) is 10.9. The zero-order chi connectivity index (χ0) is 11.8. The van der Waals surface area contributed by atoms with Crippen LogP contribution in [0.4, 0.5) is 0 Å². The summed E-state index contributed by atoms with van der Waals surface area (Å²) in [7, 11) is 0. The molecule has 84 valence electrons. The predicted molar refractivity (Wildman–Crippen MR) is 69.2 cm³/mol. The van der Waals surface area contributed by atoms with Crippen LogP contribution in [0.15, 0.2) is 47.0 Å². The molecule has 1 heterocycles. The zero-order valence-electron chi connectivity index (χ0n) is 9.27. The van der Waals surface area contributed by atoms with Crippen molar-refractivity contribution < 1.29 is 4.52 Å². The van der Waals surface area contributed by atoms with Crippen LogP contribution < -0.4 is 0 Å². The van der Waals surface area contributed by atoms with E-state index in [1.807, 2.05) is 49.4 Å². The first kappa shape index (κ1) is 10.4. The third-order valence-electron chi connectivity index (χ3n) is 2.82. The van der Waals surface area contributed by atoms with E-state index in [1.54, 1.807) is 0 Å². The van der Waals surface area contributed by atoms with E-state index in [9.17, 15) is 0 Å². The van der Waals surface area contributed by atoms with Crippen LogP contribution in [-0.4, -0.2) is 5.16 Å². The second-order valence-corrected chi connectivity index (χ2v) is 4.43. The Hall–Kier alpha value is -1.80. The minimum Gasteiger partial charge on any atom is -0.355 e. The summed E-state index contributed by atoms with van der Waals surface area (Å²) >= 11 is 5.87. The van der Waals surface area contributed by atoms with Crippen molar-refractivity contribution in [1.29, 1.82) is 0 Å². The van der Waals surface area contributed by atoms with Gasteiger partial charge in [-0.1, -0.05) is 28.9 Å². The lowest BCUT2D eigenvalue weighted by Crippen LogP contribution is -1.76. The molecule has 2 aromatic carbocycles. The molecule has 3 aromatic rings. The van der Waals surface area contributed by atoms with Crippen LogP contribution in [0.25, 0.3) is 22.2 Å². The quantitative estimate of drug-likeness (QED) is 0.631. The Kier molecular flexibility index (Phi) is 2.37. The Labute approximate surface area is 104 Å². The number of benzene rings is 2. The molecule has 0 aliphatic heterocycles. The van der Waals surface area contributed by atoms with Crippen molar-refractivity contribution in [1.82, 2.24) is 5.16 Å². The number of aromatic nitrogens is 1. The van der Waals surface area contributed by atoms with Gasteiger partial charge in [-0.3, -0.25) is 0 Å². The third-order valence-corrected chi connectivity index (χ3v) is 3.07. The summed E-state index contributed by atoms with van der Waals surface area (Å²) in [5.74, 6) is 0.792. The molecule has 0 aliphatic rings. The highest BCUT2D eigenvalue weighted by Gasteiger charge is 2.11. The topological polar surface area (TPSA) is 26.0 Å². The van der Waals surface area contributed by atoms with Crippen LogP contribution >= 0.6 is 11.6 Å². The summed E-state index contributed by atoms with van der Waals surface area (Å²) in [6.07, 6.45) is 0. The van der Waals surface area contributed by atoms with Gasteiger partial charge >= 0.3 is 0 Å². The Morgan fingerprint density at radius 2 is 1.82 bits per heavy atom. The van der Waals surface area contributed by atoms with Gasteiger partial charge in [0.25, 0.3) is 0 Å². The molecule has 1 aromatic heterocycles. The largest absolute Gasteiger partial charge is 0.355 e. The van der Waals surface area contributed by atoms with Gasteiger partial charge < -0.3 is 4.52 Å². The molecule has 0 bridgehead atoms. The average molecular weight is 244 g/mol. The van der Waals surface area contributed by atoms with E-state index >= 15 is 0 Å². The number of halogens is 1. The zero-order valence-corrected chi connectivity index (χ0v) is 10.0. The minimum atomic E-state index is 0.716. The van der Waals surface area contributed by atoms with Crippen molar-refractivity contribution in [2.75, 3.05) is 0 Å². The summed E-state index contributed by atoms with van der Waals surface area (Å²) < 4.78 is 5.43. The van der Waals surface area contributed by atoms with Crippen LogP contribution in [-0.2, 0) is 0 Å². The monoisotopic (exact) mass is 243 g/mol. The van der Waals surface area contributed by atoms with Crippen molar-refractivity contribution in [3.8, 4) is 11.3 Å². The number of nitrogens with zero attached hydrogens (tertiary/aromatic N) is 1. The van der Waals surface area contributed by atoms with Crippen LogP contribution in [0, 0.1) is 6.92 Å². The smallest absolute Gasteiger partial charge is 0.174 e. The van der Waals surface area contributed by atoms with Crippen molar-refractivity contribution in [3.63, 3.8) is 0 Å². The maximum Gasteiger partial charge on any atom is 0.174 e. The van der Waals surface area contributed by atoms with Crippen LogP contribution in [0.5, 0.6) is 0 Å². The van der Waals surface area contributed by atoms with Crippen LogP contribution in [0.1, 0.15) is 5.56 Å². The first-order valence-corrected chi connectivity index (χ1v) is 5.74. The second-order valence-electron chi connectivity index (χ2n) is 3.99. The fraction of sp³-hybridized carbons (Fsp3) is 0.0714. The lowest BCUT2D eigenvalue weighted by molar-refractivity contribution is 0.440. The molecular weight excluding hydrogens is 234 g/mol. The molecule has 0 saturated heterocycles. The highest BCUT2D eigenvalue weighted by molar-refractivity contribution is 6.30. The van der Waals surface area contributed by atoms with Gasteiger partial charge in [0.1, 0.15) is 5.52 Å². The first-order chi connectivity index (χ1) is 8.25. The van der Waals surface area contributed by atoms with Gasteiger partial charge in [0.2, 0.25) is 0 Å². The van der Waals surface area contributed by atoms with Gasteiger partial charge in [0.15, 0.2) is 5.76 Å². The van der Waals surface area contributed by atoms with Gasteiger partial charge in [0, 0.05) is 16.0 Å². The molecule has 3 rings (SSSR count). The first-order valence-electron chi connectivity index (χ1n) is 5.36. The maximum absolute atomic E-state index is 5.87. The molecular formula is C14H10ClNO. The van der Waals surface area contributed by atoms with E-state index in [4.69, 9.17) is 16.1 Å². The Balaban J connectivity index is 2.24. The molecule has 0 N–H and O–H groups in total. The van der Waals surface area contributed by atoms with Crippen LogP contribution in [0.2, 0.25) is 5.02 Å². The summed E-state index contributed by atoms with van der Waals surface area (Å²) in [5, 5.41) is 5.86. The van der Waals surface area contributed by atoms with Crippen LogP contribution in [0.3, 0.4) is 0 Å². The van der Waals surface area contributed by atoms with Crippen molar-refractivity contribution in [3.05, 3.63) is 53.1 Å². The fourth-order valence-electron chi connectivity index (χ4n) is 1.91. The molecule has 0 atom stereocenters. The minimum absolute atomic E-state index is 0.716. The van der Waals surface area contributed by atoms with E-state index in [0.29, 0.717) is 5.02 Å². The van der Waals surface area contributed by atoms with Crippen molar-refractivity contribution in [2.24, 2.45) is 0 Å². The lowest BCUT2D eigenvalue weighted by atomic mass is 10.1. The molecule has 0 radical (unpaired) electrons. The molecule has 0 saturated carbocycles. The summed E-state index contributed by atoms with van der Waals surface area (Å²) in [6.45, 7) is 2.02. The van der Waals surface area contributed by atoms with E-state index in [2.05, 4.69) is 5.16 Å². The molecule has 0 fully saturated rings. The molecule has 0 unspecified atom stereocenters. The van der Waals surface area contributed by atoms with E-state index in [1.165, 1.54) is 0 Å².